The molecule has 9 nitrogen and oxygen atoms in total. The average Bonchev–Trinajstić information content (AvgIpc) is 2.77. The van der Waals surface area contributed by atoms with Crippen molar-refractivity contribution in [3.05, 3.63) is 29.8 Å². The summed E-state index contributed by atoms with van der Waals surface area (Å²) in [4.78, 5) is 26.6. The van der Waals surface area contributed by atoms with Gasteiger partial charge in [-0.25, -0.2) is 0 Å². The highest BCUT2D eigenvalue weighted by Gasteiger charge is 2.17. The molecule has 0 aromatic heterocycles. The minimum atomic E-state index is -0.417. The van der Waals surface area contributed by atoms with Gasteiger partial charge in [0.1, 0.15) is 0 Å². The minimum absolute atomic E-state index is 0.104. The number of anilines is 1. The Bertz CT molecular complexity index is 883. The van der Waals surface area contributed by atoms with Crippen LogP contribution in [0.5, 0.6) is 0 Å². The van der Waals surface area contributed by atoms with E-state index in [4.69, 9.17) is 11.5 Å². The molecule has 0 saturated carbocycles. The Balaban J connectivity index is -0.000000232. The first-order valence-electron chi connectivity index (χ1n) is 15.0. The Hall–Kier alpha value is -2.65. The molecule has 0 bridgehead atoms. The Labute approximate surface area is 259 Å². The molecule has 1 aromatic carbocycles. The fraction of sp³-hybridized carbons (Fsp3) is 0.727. The van der Waals surface area contributed by atoms with Crippen LogP contribution in [0.3, 0.4) is 0 Å². The second kappa shape index (κ2) is 22.0. The summed E-state index contributed by atoms with van der Waals surface area (Å²) in [6.45, 7) is 35.2. The number of carbonyl (C=O) groups excluding carboxylic acids is 2. The first-order chi connectivity index (χ1) is 18.7. The van der Waals surface area contributed by atoms with E-state index in [-0.39, 0.29) is 28.4 Å². The van der Waals surface area contributed by atoms with E-state index in [0.29, 0.717) is 16.8 Å². The summed E-state index contributed by atoms with van der Waals surface area (Å²) in [5.74, 6) is 0.755. The van der Waals surface area contributed by atoms with Gasteiger partial charge in [-0.3, -0.25) is 14.6 Å². The molecule has 0 fully saturated rings. The third-order valence-corrected chi connectivity index (χ3v) is 4.20. The summed E-state index contributed by atoms with van der Waals surface area (Å²) >= 11 is 0. The maximum atomic E-state index is 11.7. The SMILES string of the molecule is CC.CC(C)(C)NC(=O)c1ccccc1N.CC(N)C(=O)NC(C)(C)C.CCNC(C)(C)C.CN=C(C)NC(C)(C)C. The average molecular weight is 596 g/mol. The van der Waals surface area contributed by atoms with Crippen LogP contribution < -0.4 is 32.7 Å². The zero-order chi connectivity index (χ0) is 34.5. The summed E-state index contributed by atoms with van der Waals surface area (Å²) < 4.78 is 0. The molecule has 1 unspecified atom stereocenters. The highest BCUT2D eigenvalue weighted by Crippen LogP contribution is 2.11. The third-order valence-electron chi connectivity index (χ3n) is 4.20. The van der Waals surface area contributed by atoms with Gasteiger partial charge in [0.15, 0.2) is 0 Å². The quantitative estimate of drug-likeness (QED) is 0.146. The summed E-state index contributed by atoms with van der Waals surface area (Å²) in [6, 6.07) is 6.63. The van der Waals surface area contributed by atoms with E-state index >= 15 is 0 Å². The van der Waals surface area contributed by atoms with Gasteiger partial charge in [-0.2, -0.15) is 0 Å². The van der Waals surface area contributed by atoms with Crippen molar-refractivity contribution in [2.75, 3.05) is 19.3 Å². The van der Waals surface area contributed by atoms with Gasteiger partial charge in [0.25, 0.3) is 5.91 Å². The van der Waals surface area contributed by atoms with E-state index in [1.165, 1.54) is 0 Å². The second-order valence-corrected chi connectivity index (χ2v) is 13.8. The van der Waals surface area contributed by atoms with Crippen LogP contribution in [0.4, 0.5) is 5.69 Å². The number of amides is 2. The van der Waals surface area contributed by atoms with Crippen LogP contribution in [-0.4, -0.2) is 59.4 Å². The van der Waals surface area contributed by atoms with E-state index in [9.17, 15) is 9.59 Å². The van der Waals surface area contributed by atoms with Gasteiger partial charge in [0.2, 0.25) is 5.91 Å². The van der Waals surface area contributed by atoms with Crippen molar-refractivity contribution < 1.29 is 9.59 Å². The number of nitrogen functional groups attached to an aromatic ring is 1. The number of carbonyl (C=O) groups is 2. The normalized spacial score (nSPS) is 12.2. The molecule has 1 aromatic rings. The van der Waals surface area contributed by atoms with Gasteiger partial charge in [-0.1, -0.05) is 32.9 Å². The molecule has 0 aliphatic heterocycles. The lowest BCUT2D eigenvalue weighted by Gasteiger charge is -2.21. The number of aliphatic imine (C=N–C) groups is 1. The third kappa shape index (κ3) is 35.4. The second-order valence-electron chi connectivity index (χ2n) is 13.8. The molecule has 0 aliphatic rings. The number of hydrogen-bond acceptors (Lipinski definition) is 6. The lowest BCUT2D eigenvalue weighted by molar-refractivity contribution is -0.123. The lowest BCUT2D eigenvalue weighted by Crippen LogP contribution is -2.47. The molecule has 0 aliphatic carbocycles. The molecule has 0 radical (unpaired) electrons. The minimum Gasteiger partial charge on any atom is -0.398 e. The van der Waals surface area contributed by atoms with Crippen molar-refractivity contribution >= 4 is 23.3 Å². The maximum absolute atomic E-state index is 11.7. The molecule has 2 amide bonds. The Kier molecular flexibility index (Phi) is 24.2. The van der Waals surface area contributed by atoms with Gasteiger partial charge in [0, 0.05) is 34.9 Å². The first kappa shape index (κ1) is 46.3. The smallest absolute Gasteiger partial charge is 0.253 e. The number of hydrogen-bond donors (Lipinski definition) is 6. The summed E-state index contributed by atoms with van der Waals surface area (Å²) in [7, 11) is 1.79. The molecule has 42 heavy (non-hydrogen) atoms. The topological polar surface area (TPSA) is 147 Å². The maximum Gasteiger partial charge on any atom is 0.253 e. The largest absolute Gasteiger partial charge is 0.398 e. The van der Waals surface area contributed by atoms with E-state index in [1.807, 2.05) is 68.4 Å². The van der Waals surface area contributed by atoms with Crippen LogP contribution in [0.15, 0.2) is 29.3 Å². The summed E-state index contributed by atoms with van der Waals surface area (Å²) in [6.07, 6.45) is 0. The van der Waals surface area contributed by atoms with Crippen molar-refractivity contribution in [3.63, 3.8) is 0 Å². The first-order valence-corrected chi connectivity index (χ1v) is 15.0. The van der Waals surface area contributed by atoms with Crippen LogP contribution in [-0.2, 0) is 4.79 Å². The van der Waals surface area contributed by atoms with Crippen LogP contribution in [0.1, 0.15) is 128 Å². The number of benzene rings is 1. The van der Waals surface area contributed by atoms with Gasteiger partial charge < -0.3 is 32.7 Å². The molecule has 0 heterocycles. The molecule has 8 N–H and O–H groups in total. The van der Waals surface area contributed by atoms with Gasteiger partial charge in [-0.05, 0) is 116 Å². The fourth-order valence-corrected chi connectivity index (χ4v) is 2.72. The lowest BCUT2D eigenvalue weighted by atomic mass is 10.1. The Morgan fingerprint density at radius 1 is 0.786 bits per heavy atom. The van der Waals surface area contributed by atoms with Crippen molar-refractivity contribution in [2.45, 2.75) is 146 Å². The predicted molar refractivity (Wildman–Crippen MR) is 186 cm³/mol. The highest BCUT2D eigenvalue weighted by molar-refractivity contribution is 5.99. The number of nitrogens with one attached hydrogen (secondary N) is 4. The summed E-state index contributed by atoms with van der Waals surface area (Å²) in [5.41, 5.74) is 12.1. The number of rotatable bonds is 3. The number of nitrogens with zero attached hydrogens (tertiary/aromatic N) is 1. The van der Waals surface area contributed by atoms with E-state index < -0.39 is 6.04 Å². The predicted octanol–water partition coefficient (Wildman–Crippen LogP) is 5.89. The van der Waals surface area contributed by atoms with Crippen molar-refractivity contribution in [3.8, 4) is 0 Å². The van der Waals surface area contributed by atoms with Gasteiger partial charge in [-0.15, -0.1) is 0 Å². The van der Waals surface area contributed by atoms with Crippen LogP contribution in [0, 0.1) is 0 Å². The standard InChI is InChI=1S/C11H16N2O.C7H16N2O.C7H16N2.C6H15N.C2H6/c1-11(2,3)13-10(14)8-6-4-5-7-9(8)12;1-5(8)6(10)9-7(2,3)4;1-6(8-5)9-7(2,3)4;1-5-7-6(2,3)4;1-2/h4-7H,12H2,1-3H3,(H,13,14);5H,8H2,1-4H3,(H,9,10);1-5H3,(H,8,9);7H,5H2,1-4H3;1-2H3. The molecule has 1 atom stereocenters. The molecule has 1 rings (SSSR count). The summed E-state index contributed by atoms with van der Waals surface area (Å²) in [5, 5.41) is 12.1. The molecule has 248 valence electrons. The van der Waals surface area contributed by atoms with Gasteiger partial charge >= 0.3 is 0 Å². The van der Waals surface area contributed by atoms with Crippen molar-refractivity contribution in [1.82, 2.24) is 21.3 Å². The number of nitrogens with two attached hydrogens (primary N) is 2. The van der Waals surface area contributed by atoms with Crippen LogP contribution in [0.25, 0.3) is 0 Å². The van der Waals surface area contributed by atoms with E-state index in [1.54, 1.807) is 32.2 Å². The Morgan fingerprint density at radius 3 is 1.40 bits per heavy atom. The van der Waals surface area contributed by atoms with Crippen LogP contribution >= 0.6 is 0 Å². The molecule has 9 heteroatoms. The Morgan fingerprint density at radius 2 is 1.19 bits per heavy atom. The fourth-order valence-electron chi connectivity index (χ4n) is 2.72. The van der Waals surface area contributed by atoms with Crippen molar-refractivity contribution in [1.29, 1.82) is 0 Å². The van der Waals surface area contributed by atoms with Crippen molar-refractivity contribution in [2.24, 2.45) is 10.7 Å². The van der Waals surface area contributed by atoms with Gasteiger partial charge in [0.05, 0.1) is 17.4 Å². The molecular weight excluding hydrogens is 526 g/mol. The highest BCUT2D eigenvalue weighted by atomic mass is 16.2. The molecule has 0 spiro atoms. The number of para-hydroxylation sites is 1. The number of amidine groups is 1. The van der Waals surface area contributed by atoms with E-state index in [0.717, 1.165) is 12.4 Å². The molecular formula is C33H69N7O2. The molecule has 0 saturated heterocycles. The zero-order valence-corrected chi connectivity index (χ0v) is 30.5. The zero-order valence-electron chi connectivity index (χ0n) is 30.5. The van der Waals surface area contributed by atoms with Crippen LogP contribution in [0.2, 0.25) is 0 Å². The van der Waals surface area contributed by atoms with E-state index in [2.05, 4.69) is 74.7 Å². The monoisotopic (exact) mass is 596 g/mol.